The highest BCUT2D eigenvalue weighted by Gasteiger charge is 2.39. The number of benzene rings is 1. The molecule has 2 aromatic rings. The predicted molar refractivity (Wildman–Crippen MR) is 97.5 cm³/mol. The Labute approximate surface area is 161 Å². The molecule has 146 valence electrons. The van der Waals surface area contributed by atoms with Gasteiger partial charge in [-0.3, -0.25) is 14.5 Å². The van der Waals surface area contributed by atoms with Crippen LogP contribution in [0.3, 0.4) is 0 Å². The minimum Gasteiger partial charge on any atom is -0.454 e. The molecule has 4 rings (SSSR count). The van der Waals surface area contributed by atoms with Crippen LogP contribution in [0.1, 0.15) is 12.0 Å². The summed E-state index contributed by atoms with van der Waals surface area (Å²) in [6.07, 6.45) is 3.72. The number of hydrogen-bond donors (Lipinski definition) is 2. The quantitative estimate of drug-likeness (QED) is 0.689. The van der Waals surface area contributed by atoms with Gasteiger partial charge in [-0.25, -0.2) is 4.79 Å². The number of fused-ring (bicyclic) bond motifs is 1. The molecule has 0 spiro atoms. The Hall–Kier alpha value is -3.49. The van der Waals surface area contributed by atoms with Crippen molar-refractivity contribution in [3.05, 3.63) is 48.3 Å². The third-order valence-corrected chi connectivity index (χ3v) is 4.63. The van der Waals surface area contributed by atoms with Crippen LogP contribution in [-0.2, 0) is 22.7 Å². The number of carbonyl (C=O) groups is 3. The van der Waals surface area contributed by atoms with E-state index in [-0.39, 0.29) is 25.7 Å². The second-order valence-electron chi connectivity index (χ2n) is 6.59. The van der Waals surface area contributed by atoms with Crippen molar-refractivity contribution in [1.29, 1.82) is 0 Å². The fourth-order valence-corrected chi connectivity index (χ4v) is 3.19. The molecule has 2 N–H and O–H groups in total. The van der Waals surface area contributed by atoms with Gasteiger partial charge in [0, 0.05) is 25.5 Å². The first-order chi connectivity index (χ1) is 13.6. The van der Waals surface area contributed by atoms with Crippen molar-refractivity contribution in [2.45, 2.75) is 25.6 Å². The number of ether oxygens (including phenoxy) is 2. The second kappa shape index (κ2) is 7.63. The van der Waals surface area contributed by atoms with Crippen LogP contribution in [0.4, 0.5) is 4.79 Å². The predicted octanol–water partition coefficient (Wildman–Crippen LogP) is 0.844. The maximum Gasteiger partial charge on any atom is 0.325 e. The molecule has 2 aliphatic rings. The van der Waals surface area contributed by atoms with Crippen LogP contribution in [0.15, 0.2) is 42.7 Å². The highest BCUT2D eigenvalue weighted by atomic mass is 16.7. The van der Waals surface area contributed by atoms with E-state index in [0.717, 1.165) is 10.5 Å². The van der Waals surface area contributed by atoms with E-state index in [1.54, 1.807) is 18.2 Å². The van der Waals surface area contributed by atoms with Crippen LogP contribution in [0.5, 0.6) is 11.5 Å². The third kappa shape index (κ3) is 3.78. The topological polar surface area (TPSA) is 102 Å². The van der Waals surface area contributed by atoms with Crippen molar-refractivity contribution < 1.29 is 23.9 Å². The summed E-state index contributed by atoms with van der Waals surface area (Å²) in [5, 5.41) is 5.34. The summed E-state index contributed by atoms with van der Waals surface area (Å²) < 4.78 is 12.5. The molecule has 1 saturated heterocycles. The molecule has 4 amide bonds. The molecule has 3 heterocycles. The number of urea groups is 1. The monoisotopic (exact) mass is 384 g/mol. The maximum atomic E-state index is 12.6. The molecule has 1 aromatic heterocycles. The molecule has 1 atom stereocenters. The lowest BCUT2D eigenvalue weighted by Crippen LogP contribution is -2.37. The highest BCUT2D eigenvalue weighted by Crippen LogP contribution is 2.33. The van der Waals surface area contributed by atoms with Crippen LogP contribution in [0, 0.1) is 0 Å². The lowest BCUT2D eigenvalue weighted by Gasteiger charge is -2.13. The van der Waals surface area contributed by atoms with Gasteiger partial charge in [0.05, 0.1) is 13.0 Å². The molecular formula is C19H20N4O5. The molecule has 1 fully saturated rings. The molecule has 1 aromatic carbocycles. The van der Waals surface area contributed by atoms with Gasteiger partial charge >= 0.3 is 6.03 Å². The van der Waals surface area contributed by atoms with Gasteiger partial charge in [-0.2, -0.15) is 0 Å². The van der Waals surface area contributed by atoms with E-state index in [1.165, 1.54) is 0 Å². The van der Waals surface area contributed by atoms with Gasteiger partial charge in [0.1, 0.15) is 6.04 Å². The Morgan fingerprint density at radius 1 is 1.18 bits per heavy atom. The molecule has 9 nitrogen and oxygen atoms in total. The fourth-order valence-electron chi connectivity index (χ4n) is 3.19. The number of aromatic nitrogens is 1. The summed E-state index contributed by atoms with van der Waals surface area (Å²) in [6, 6.07) is 7.71. The molecule has 0 saturated carbocycles. The lowest BCUT2D eigenvalue weighted by molar-refractivity contribution is -0.131. The number of hydrogen-bond acceptors (Lipinski definition) is 5. The number of nitrogens with one attached hydrogen (secondary N) is 2. The van der Waals surface area contributed by atoms with Crippen molar-refractivity contribution in [2.24, 2.45) is 0 Å². The highest BCUT2D eigenvalue weighted by molar-refractivity contribution is 6.05. The molecule has 2 aliphatic heterocycles. The zero-order valence-corrected chi connectivity index (χ0v) is 15.1. The zero-order chi connectivity index (χ0) is 19.5. The van der Waals surface area contributed by atoms with E-state index >= 15 is 0 Å². The molecule has 9 heteroatoms. The largest absolute Gasteiger partial charge is 0.454 e. The van der Waals surface area contributed by atoms with E-state index in [2.05, 4.69) is 10.6 Å². The Morgan fingerprint density at radius 3 is 2.79 bits per heavy atom. The van der Waals surface area contributed by atoms with Gasteiger partial charge in [0.15, 0.2) is 11.5 Å². The van der Waals surface area contributed by atoms with Crippen molar-refractivity contribution in [2.75, 3.05) is 13.3 Å². The third-order valence-electron chi connectivity index (χ3n) is 4.63. The van der Waals surface area contributed by atoms with Crippen LogP contribution in [-0.4, -0.2) is 46.7 Å². The van der Waals surface area contributed by atoms with Crippen molar-refractivity contribution in [3.8, 4) is 11.5 Å². The zero-order valence-electron chi connectivity index (χ0n) is 15.1. The summed E-state index contributed by atoms with van der Waals surface area (Å²) >= 11 is 0. The Bertz CT molecular complexity index is 896. The second-order valence-corrected chi connectivity index (χ2v) is 6.59. The summed E-state index contributed by atoms with van der Waals surface area (Å²) in [5.74, 6) is 0.526. The lowest BCUT2D eigenvalue weighted by atomic mass is 10.1. The van der Waals surface area contributed by atoms with E-state index in [4.69, 9.17) is 9.47 Å². The van der Waals surface area contributed by atoms with E-state index in [1.807, 2.05) is 29.1 Å². The number of nitrogens with zero attached hydrogens (tertiary/aromatic N) is 2. The fraction of sp³-hybridized carbons (Fsp3) is 0.316. The summed E-state index contributed by atoms with van der Waals surface area (Å²) in [4.78, 5) is 37.9. The molecular weight excluding hydrogens is 364 g/mol. The molecule has 28 heavy (non-hydrogen) atoms. The summed E-state index contributed by atoms with van der Waals surface area (Å²) in [5.41, 5.74) is 0.740. The number of carbonyl (C=O) groups excluding carboxylic acids is 3. The normalized spacial score (nSPS) is 17.7. The van der Waals surface area contributed by atoms with Gasteiger partial charge in [-0.05, 0) is 29.8 Å². The van der Waals surface area contributed by atoms with E-state index in [0.29, 0.717) is 24.6 Å². The van der Waals surface area contributed by atoms with Crippen molar-refractivity contribution in [1.82, 2.24) is 20.1 Å². The van der Waals surface area contributed by atoms with E-state index < -0.39 is 18.0 Å². The maximum absolute atomic E-state index is 12.6. The van der Waals surface area contributed by atoms with Crippen LogP contribution < -0.4 is 20.1 Å². The Kier molecular flexibility index (Phi) is 4.88. The van der Waals surface area contributed by atoms with Gasteiger partial charge in [-0.15, -0.1) is 0 Å². The van der Waals surface area contributed by atoms with Gasteiger partial charge in [0.25, 0.3) is 5.91 Å². The molecule has 0 radical (unpaired) electrons. The van der Waals surface area contributed by atoms with Crippen LogP contribution >= 0.6 is 0 Å². The van der Waals surface area contributed by atoms with E-state index in [9.17, 15) is 14.4 Å². The van der Waals surface area contributed by atoms with Crippen LogP contribution in [0.2, 0.25) is 0 Å². The number of amides is 4. The SMILES string of the molecule is O=C(C[C@@H]1NC(=O)N(Cc2ccc3c(c2)OCO3)C1=O)NCCn1cccc1. The molecule has 0 unspecified atom stereocenters. The number of imide groups is 1. The van der Waals surface area contributed by atoms with Crippen molar-refractivity contribution >= 4 is 17.8 Å². The smallest absolute Gasteiger partial charge is 0.325 e. The molecule has 0 aliphatic carbocycles. The van der Waals surface area contributed by atoms with Gasteiger partial charge < -0.3 is 24.7 Å². The first kappa shape index (κ1) is 17.9. The average Bonchev–Trinajstić information content (AvgIpc) is 3.40. The Morgan fingerprint density at radius 2 is 1.96 bits per heavy atom. The molecule has 0 bridgehead atoms. The first-order valence-corrected chi connectivity index (χ1v) is 8.98. The minimum atomic E-state index is -0.854. The van der Waals surface area contributed by atoms with Crippen molar-refractivity contribution in [3.63, 3.8) is 0 Å². The van der Waals surface area contributed by atoms with Gasteiger partial charge in [0.2, 0.25) is 12.7 Å². The minimum absolute atomic E-state index is 0.0894. The summed E-state index contributed by atoms with van der Waals surface area (Å²) in [6.45, 7) is 1.35. The van der Waals surface area contributed by atoms with Crippen LogP contribution in [0.25, 0.3) is 0 Å². The van der Waals surface area contributed by atoms with Gasteiger partial charge in [-0.1, -0.05) is 6.07 Å². The first-order valence-electron chi connectivity index (χ1n) is 8.98. The standard InChI is InChI=1S/C19H20N4O5/c24-17(20-5-8-22-6-1-2-7-22)10-14-18(25)23(19(26)21-14)11-13-3-4-15-16(9-13)28-12-27-15/h1-4,6-7,9,14H,5,8,10-12H2,(H,20,24)(H,21,26)/t14-/m0/s1. The Balaban J connectivity index is 1.30. The summed E-state index contributed by atoms with van der Waals surface area (Å²) in [7, 11) is 0. The average molecular weight is 384 g/mol. The number of rotatable bonds is 7.